The smallest absolute Gasteiger partial charge is 0.143 e. The topological polar surface area (TPSA) is 26.2 Å². The summed E-state index contributed by atoms with van der Waals surface area (Å²) in [5, 5.41) is 7.08. The molecule has 328 valence electrons. The number of para-hydroxylation sites is 6. The highest BCUT2D eigenvalue weighted by molar-refractivity contribution is 6.15. The van der Waals surface area contributed by atoms with Gasteiger partial charge in [-0.15, -0.1) is 0 Å². The van der Waals surface area contributed by atoms with Gasteiger partial charge in [0.15, 0.2) is 0 Å². The molecule has 0 unspecified atom stereocenters. The fourth-order valence-corrected chi connectivity index (χ4v) is 10.8. The van der Waals surface area contributed by atoms with E-state index in [-0.39, 0.29) is 0 Å². The number of hydrogen-bond acceptors (Lipinski definition) is 2. The van der Waals surface area contributed by atoms with Crippen LogP contribution in [-0.4, -0.2) is 9.13 Å². The van der Waals surface area contributed by atoms with Gasteiger partial charge < -0.3 is 18.5 Å². The lowest BCUT2D eigenvalue weighted by atomic mass is 9.98. The number of furan rings is 1. The SMILES string of the molecule is c1ccc(N(c2ccccc2)c2ccc(-c3ccc4c(c3)c3cc(-c5ccc6c(c5)c5cc(-c7cccc8c7oc7ccccc78)ccc5n6-c5ccccc5)ccc3n4-c3ccccc3)cc2)cc1. The van der Waals surface area contributed by atoms with Crippen LogP contribution < -0.4 is 4.90 Å². The molecule has 0 aliphatic heterocycles. The zero-order chi connectivity index (χ0) is 46.1. The summed E-state index contributed by atoms with van der Waals surface area (Å²) in [5.74, 6) is 0. The molecule has 4 heteroatoms. The lowest BCUT2D eigenvalue weighted by molar-refractivity contribution is 0.670. The van der Waals surface area contributed by atoms with E-state index in [1.165, 1.54) is 54.8 Å². The van der Waals surface area contributed by atoms with Crippen molar-refractivity contribution in [1.82, 2.24) is 9.13 Å². The van der Waals surface area contributed by atoms with E-state index in [1.54, 1.807) is 0 Å². The molecule has 14 rings (SSSR count). The molecule has 0 saturated heterocycles. The Morgan fingerprint density at radius 2 is 0.657 bits per heavy atom. The summed E-state index contributed by atoms with van der Waals surface area (Å²) in [4.78, 5) is 2.31. The van der Waals surface area contributed by atoms with Crippen molar-refractivity contribution in [2.45, 2.75) is 0 Å². The first kappa shape index (κ1) is 39.8. The van der Waals surface area contributed by atoms with Crippen LogP contribution in [0.5, 0.6) is 0 Å². The normalized spacial score (nSPS) is 11.7. The number of aromatic nitrogens is 2. The molecule has 4 nitrogen and oxygen atoms in total. The Hall–Kier alpha value is -9.38. The van der Waals surface area contributed by atoms with Crippen LogP contribution in [0.3, 0.4) is 0 Å². The molecule has 0 saturated carbocycles. The van der Waals surface area contributed by atoms with Crippen LogP contribution in [-0.2, 0) is 0 Å². The molecule has 0 radical (unpaired) electrons. The summed E-state index contributed by atoms with van der Waals surface area (Å²) >= 11 is 0. The third kappa shape index (κ3) is 6.46. The average molecular weight is 894 g/mol. The minimum Gasteiger partial charge on any atom is -0.455 e. The zero-order valence-electron chi connectivity index (χ0n) is 38.1. The highest BCUT2D eigenvalue weighted by atomic mass is 16.3. The lowest BCUT2D eigenvalue weighted by Gasteiger charge is -2.25. The Labute approximate surface area is 404 Å². The van der Waals surface area contributed by atoms with E-state index in [0.717, 1.165) is 72.5 Å². The first-order valence-corrected chi connectivity index (χ1v) is 23.9. The van der Waals surface area contributed by atoms with E-state index in [2.05, 4.69) is 269 Å². The van der Waals surface area contributed by atoms with Gasteiger partial charge in [-0.05, 0) is 143 Å². The summed E-state index contributed by atoms with van der Waals surface area (Å²) in [7, 11) is 0. The van der Waals surface area contributed by atoms with Crippen molar-refractivity contribution in [3.8, 4) is 44.8 Å². The van der Waals surface area contributed by atoms with E-state index in [4.69, 9.17) is 4.42 Å². The van der Waals surface area contributed by atoms with Gasteiger partial charge in [0.2, 0.25) is 0 Å². The quantitative estimate of drug-likeness (QED) is 0.152. The number of nitrogens with zero attached hydrogens (tertiary/aromatic N) is 3. The monoisotopic (exact) mass is 893 g/mol. The predicted molar refractivity (Wildman–Crippen MR) is 293 cm³/mol. The van der Waals surface area contributed by atoms with Crippen LogP contribution in [0.2, 0.25) is 0 Å². The van der Waals surface area contributed by atoms with Crippen molar-refractivity contribution >= 4 is 82.6 Å². The van der Waals surface area contributed by atoms with E-state index in [9.17, 15) is 0 Å². The third-order valence-electron chi connectivity index (χ3n) is 14.1. The first-order chi connectivity index (χ1) is 34.7. The van der Waals surface area contributed by atoms with Crippen LogP contribution in [0.15, 0.2) is 265 Å². The Morgan fingerprint density at radius 1 is 0.271 bits per heavy atom. The summed E-state index contributed by atoms with van der Waals surface area (Å²) in [5.41, 5.74) is 19.0. The molecular formula is C66H43N3O. The number of fused-ring (bicyclic) bond motifs is 9. The fraction of sp³-hybridized carbons (Fsp3) is 0. The standard InChI is InChI=1S/C66H43N3O/c1-5-16-49(17-6-1)67(50-18-7-2-8-19-50)53-34-28-44(29-35-53)45-30-36-61-57(40-45)58-41-46(31-37-62(58)68(61)51-20-9-3-10-21-51)47-32-38-63-59(42-47)60-43-48(33-39-64(60)69(63)52-22-11-4-12-23-52)54-25-15-26-56-55-24-13-14-27-65(55)70-66(54)56/h1-43H. The van der Waals surface area contributed by atoms with E-state index in [1.807, 2.05) is 6.07 Å². The average Bonchev–Trinajstić information content (AvgIpc) is 4.09. The minimum absolute atomic E-state index is 0.903. The predicted octanol–water partition coefficient (Wildman–Crippen LogP) is 18.3. The second-order valence-electron chi connectivity index (χ2n) is 18.1. The highest BCUT2D eigenvalue weighted by Crippen LogP contribution is 2.43. The molecule has 0 amide bonds. The van der Waals surface area contributed by atoms with Crippen molar-refractivity contribution in [3.63, 3.8) is 0 Å². The molecule has 70 heavy (non-hydrogen) atoms. The Kier molecular flexibility index (Phi) is 9.17. The van der Waals surface area contributed by atoms with E-state index >= 15 is 0 Å². The van der Waals surface area contributed by atoms with Gasteiger partial charge in [-0.25, -0.2) is 0 Å². The second-order valence-corrected chi connectivity index (χ2v) is 18.1. The van der Waals surface area contributed by atoms with Crippen LogP contribution in [0, 0.1) is 0 Å². The van der Waals surface area contributed by atoms with Gasteiger partial charge in [-0.1, -0.05) is 146 Å². The van der Waals surface area contributed by atoms with Crippen LogP contribution >= 0.6 is 0 Å². The van der Waals surface area contributed by atoms with Crippen LogP contribution in [0.4, 0.5) is 17.1 Å². The summed E-state index contributed by atoms with van der Waals surface area (Å²) in [6, 6.07) is 94.1. The Balaban J connectivity index is 0.918. The largest absolute Gasteiger partial charge is 0.455 e. The molecule has 14 aromatic rings. The number of benzene rings is 11. The molecule has 0 fully saturated rings. The maximum Gasteiger partial charge on any atom is 0.143 e. The first-order valence-electron chi connectivity index (χ1n) is 23.9. The Bertz CT molecular complexity index is 4220. The molecule has 0 aliphatic rings. The lowest BCUT2D eigenvalue weighted by Crippen LogP contribution is -2.09. The van der Waals surface area contributed by atoms with Gasteiger partial charge in [0.1, 0.15) is 11.2 Å². The zero-order valence-corrected chi connectivity index (χ0v) is 38.1. The number of anilines is 3. The minimum atomic E-state index is 0.903. The van der Waals surface area contributed by atoms with Crippen molar-refractivity contribution in [2.24, 2.45) is 0 Å². The maximum absolute atomic E-state index is 6.55. The molecule has 3 heterocycles. The highest BCUT2D eigenvalue weighted by Gasteiger charge is 2.20. The van der Waals surface area contributed by atoms with Gasteiger partial charge in [0.05, 0.1) is 22.1 Å². The van der Waals surface area contributed by atoms with Crippen molar-refractivity contribution in [1.29, 1.82) is 0 Å². The van der Waals surface area contributed by atoms with Crippen molar-refractivity contribution in [2.75, 3.05) is 4.90 Å². The number of rotatable bonds is 8. The maximum atomic E-state index is 6.55. The van der Waals surface area contributed by atoms with Crippen molar-refractivity contribution in [3.05, 3.63) is 261 Å². The molecule has 0 bridgehead atoms. The summed E-state index contributed by atoms with van der Waals surface area (Å²) in [6.45, 7) is 0. The van der Waals surface area contributed by atoms with Crippen molar-refractivity contribution < 1.29 is 4.42 Å². The molecule has 3 aromatic heterocycles. The van der Waals surface area contributed by atoms with Gasteiger partial charge in [0.25, 0.3) is 0 Å². The summed E-state index contributed by atoms with van der Waals surface area (Å²) < 4.78 is 11.3. The Morgan fingerprint density at radius 3 is 1.17 bits per heavy atom. The molecular weight excluding hydrogens is 851 g/mol. The van der Waals surface area contributed by atoms with Gasteiger partial charge in [0, 0.05) is 66.3 Å². The molecule has 0 spiro atoms. The van der Waals surface area contributed by atoms with Gasteiger partial charge in [-0.2, -0.15) is 0 Å². The third-order valence-corrected chi connectivity index (χ3v) is 14.1. The van der Waals surface area contributed by atoms with Gasteiger partial charge in [-0.3, -0.25) is 0 Å². The summed E-state index contributed by atoms with van der Waals surface area (Å²) in [6.07, 6.45) is 0. The number of hydrogen-bond donors (Lipinski definition) is 0. The van der Waals surface area contributed by atoms with E-state index < -0.39 is 0 Å². The second kappa shape index (κ2) is 16.2. The molecule has 0 aliphatic carbocycles. The van der Waals surface area contributed by atoms with Crippen LogP contribution in [0.1, 0.15) is 0 Å². The molecule has 0 N–H and O–H groups in total. The van der Waals surface area contributed by atoms with Gasteiger partial charge >= 0.3 is 0 Å². The molecule has 11 aromatic carbocycles. The fourth-order valence-electron chi connectivity index (χ4n) is 10.8. The van der Waals surface area contributed by atoms with Crippen LogP contribution in [0.25, 0.3) is 110 Å². The molecule has 0 atom stereocenters. The van der Waals surface area contributed by atoms with E-state index in [0.29, 0.717) is 0 Å².